The molecule has 0 saturated carbocycles. The van der Waals surface area contributed by atoms with Gasteiger partial charge in [0, 0.05) is 5.57 Å². The maximum absolute atomic E-state index is 10.7. The highest BCUT2D eigenvalue weighted by molar-refractivity contribution is 7.19. The molecular formula is C7H11O4P. The predicted octanol–water partition coefficient (Wildman–Crippen LogP) is 0.434. The minimum Gasteiger partial charge on any atom is -0.481 e. The van der Waals surface area contributed by atoms with E-state index in [0.29, 0.717) is 0 Å². The number of carbonyl (C=O) groups excluding carboxylic acids is 1. The number of carbonyl (C=O) groups is 2. The number of ether oxygens (including phenoxy) is 1. The average molecular weight is 190 g/mol. The molecule has 0 radical (unpaired) electrons. The van der Waals surface area contributed by atoms with E-state index in [1.54, 1.807) is 0 Å². The molecule has 1 N–H and O–H groups in total. The van der Waals surface area contributed by atoms with Crippen LogP contribution in [0.5, 0.6) is 0 Å². The summed E-state index contributed by atoms with van der Waals surface area (Å²) in [6.45, 7) is 4.70. The molecule has 0 saturated heterocycles. The molecule has 0 bridgehead atoms. The van der Waals surface area contributed by atoms with Crippen molar-refractivity contribution in [2.24, 2.45) is 0 Å². The van der Waals surface area contributed by atoms with Gasteiger partial charge in [-0.2, -0.15) is 0 Å². The normalized spacial score (nSPS) is 11.8. The lowest BCUT2D eigenvalue weighted by Gasteiger charge is -2.06. The monoisotopic (exact) mass is 190 g/mol. The van der Waals surface area contributed by atoms with Crippen LogP contribution in [0, 0.1) is 0 Å². The number of esters is 1. The van der Waals surface area contributed by atoms with Gasteiger partial charge in [-0.05, 0) is 6.92 Å². The molecule has 0 aromatic rings. The van der Waals surface area contributed by atoms with Gasteiger partial charge in [0.15, 0.2) is 0 Å². The van der Waals surface area contributed by atoms with Gasteiger partial charge in [-0.3, -0.25) is 4.79 Å². The van der Waals surface area contributed by atoms with Crippen LogP contribution in [0.3, 0.4) is 0 Å². The van der Waals surface area contributed by atoms with Gasteiger partial charge in [0.05, 0.1) is 0 Å². The lowest BCUT2D eigenvalue weighted by molar-refractivity contribution is -0.142. The van der Waals surface area contributed by atoms with Crippen LogP contribution in [0.4, 0.5) is 0 Å². The molecule has 0 fully saturated rings. The molecule has 12 heavy (non-hydrogen) atoms. The Hall–Kier alpha value is -0.890. The molecular weight excluding hydrogens is 179 g/mol. The first-order valence-electron chi connectivity index (χ1n) is 3.26. The van der Waals surface area contributed by atoms with E-state index in [2.05, 4.69) is 20.6 Å². The van der Waals surface area contributed by atoms with Crippen molar-refractivity contribution in [3.8, 4) is 0 Å². The molecule has 2 unspecified atom stereocenters. The average Bonchev–Trinajstić information content (AvgIpc) is 1.98. The van der Waals surface area contributed by atoms with Crippen molar-refractivity contribution in [2.75, 3.05) is 6.61 Å². The minimum atomic E-state index is -1.02. The number of rotatable bonds is 4. The number of aliphatic carboxylic acids is 1. The van der Waals surface area contributed by atoms with Crippen LogP contribution in [0.25, 0.3) is 0 Å². The van der Waals surface area contributed by atoms with Gasteiger partial charge in [0.25, 0.3) is 0 Å². The molecule has 0 aliphatic carbocycles. The summed E-state index contributed by atoms with van der Waals surface area (Å²) >= 11 is 0. The molecule has 0 aromatic heterocycles. The molecule has 5 heteroatoms. The molecule has 2 atom stereocenters. The second-order valence-electron chi connectivity index (χ2n) is 2.32. The molecule has 0 aliphatic rings. The van der Waals surface area contributed by atoms with Gasteiger partial charge in [0.2, 0.25) is 0 Å². The van der Waals surface area contributed by atoms with Crippen molar-refractivity contribution in [1.29, 1.82) is 0 Å². The summed E-state index contributed by atoms with van der Waals surface area (Å²) in [6, 6.07) is 0. The molecule has 0 heterocycles. The summed E-state index contributed by atoms with van der Waals surface area (Å²) < 4.78 is 4.59. The Bertz CT molecular complexity index is 211. The van der Waals surface area contributed by atoms with Gasteiger partial charge in [-0.25, -0.2) is 4.79 Å². The standard InChI is InChI=1S/C7H11O4P/c1-4(2)7(10)11-3-5(12)6(8)9/h5H,1,3,12H2,2H3,(H,8,9). The third-order valence-electron chi connectivity index (χ3n) is 1.06. The summed E-state index contributed by atoms with van der Waals surface area (Å²) in [6.07, 6.45) is 0. The third-order valence-corrected chi connectivity index (χ3v) is 1.54. The molecule has 0 spiro atoms. The Kier molecular flexibility index (Phi) is 4.52. The van der Waals surface area contributed by atoms with Crippen molar-refractivity contribution < 1.29 is 19.4 Å². The molecule has 4 nitrogen and oxygen atoms in total. The fraction of sp³-hybridized carbons (Fsp3) is 0.429. The van der Waals surface area contributed by atoms with Gasteiger partial charge < -0.3 is 9.84 Å². The van der Waals surface area contributed by atoms with Crippen molar-refractivity contribution >= 4 is 21.2 Å². The van der Waals surface area contributed by atoms with Gasteiger partial charge >= 0.3 is 11.9 Å². The van der Waals surface area contributed by atoms with Crippen LogP contribution >= 0.6 is 9.24 Å². The zero-order valence-corrected chi connectivity index (χ0v) is 7.90. The van der Waals surface area contributed by atoms with Crippen molar-refractivity contribution in [3.63, 3.8) is 0 Å². The molecule has 0 rings (SSSR count). The van der Waals surface area contributed by atoms with E-state index < -0.39 is 17.6 Å². The molecule has 0 amide bonds. The van der Waals surface area contributed by atoms with E-state index >= 15 is 0 Å². The topological polar surface area (TPSA) is 63.6 Å². The summed E-state index contributed by atoms with van der Waals surface area (Å²) in [5.74, 6) is -1.58. The smallest absolute Gasteiger partial charge is 0.333 e. The van der Waals surface area contributed by atoms with Crippen molar-refractivity contribution in [3.05, 3.63) is 12.2 Å². The first-order valence-corrected chi connectivity index (χ1v) is 3.93. The lowest BCUT2D eigenvalue weighted by Crippen LogP contribution is -2.21. The second-order valence-corrected chi connectivity index (χ2v) is 3.13. The highest BCUT2D eigenvalue weighted by atomic mass is 31.0. The van der Waals surface area contributed by atoms with Crippen LogP contribution in [-0.2, 0) is 14.3 Å². The molecule has 0 aliphatic heterocycles. The predicted molar refractivity (Wildman–Crippen MR) is 46.9 cm³/mol. The molecule has 0 aromatic carbocycles. The summed E-state index contributed by atoms with van der Waals surface area (Å²) in [7, 11) is 2.07. The van der Waals surface area contributed by atoms with E-state index in [9.17, 15) is 9.59 Å². The van der Waals surface area contributed by atoms with Gasteiger partial charge in [-0.15, -0.1) is 9.24 Å². The fourth-order valence-corrected chi connectivity index (χ4v) is 0.456. The zero-order chi connectivity index (χ0) is 9.72. The van der Waals surface area contributed by atoms with E-state index in [1.807, 2.05) is 0 Å². The Labute approximate surface area is 72.8 Å². The first kappa shape index (κ1) is 11.1. The summed E-state index contributed by atoms with van der Waals surface area (Å²) in [5, 5.41) is 8.40. The lowest BCUT2D eigenvalue weighted by atomic mass is 10.3. The van der Waals surface area contributed by atoms with Crippen LogP contribution in [0.1, 0.15) is 6.92 Å². The third kappa shape index (κ3) is 4.09. The van der Waals surface area contributed by atoms with Crippen molar-refractivity contribution in [2.45, 2.75) is 12.6 Å². The number of hydrogen-bond donors (Lipinski definition) is 1. The Morgan fingerprint density at radius 3 is 2.50 bits per heavy atom. The SMILES string of the molecule is C=C(C)C(=O)OCC(P)C(=O)O. The van der Waals surface area contributed by atoms with Crippen LogP contribution in [0.15, 0.2) is 12.2 Å². The largest absolute Gasteiger partial charge is 0.481 e. The maximum Gasteiger partial charge on any atom is 0.333 e. The van der Waals surface area contributed by atoms with E-state index in [-0.39, 0.29) is 12.2 Å². The second kappa shape index (κ2) is 4.88. The van der Waals surface area contributed by atoms with Crippen LogP contribution in [0.2, 0.25) is 0 Å². The Balaban J connectivity index is 3.76. The number of hydrogen-bond acceptors (Lipinski definition) is 3. The first-order chi connectivity index (χ1) is 5.45. The van der Waals surface area contributed by atoms with Crippen LogP contribution < -0.4 is 0 Å². The fourth-order valence-electron chi connectivity index (χ4n) is 0.360. The zero-order valence-electron chi connectivity index (χ0n) is 6.74. The van der Waals surface area contributed by atoms with E-state index in [0.717, 1.165) is 0 Å². The summed E-state index contributed by atoms with van der Waals surface area (Å²) in [5.41, 5.74) is -0.495. The highest BCUT2D eigenvalue weighted by Gasteiger charge is 2.13. The highest BCUT2D eigenvalue weighted by Crippen LogP contribution is 2.02. The van der Waals surface area contributed by atoms with Gasteiger partial charge in [0.1, 0.15) is 12.3 Å². The number of carboxylic acid groups (broad SMARTS) is 1. The van der Waals surface area contributed by atoms with Crippen LogP contribution in [-0.4, -0.2) is 29.3 Å². The Morgan fingerprint density at radius 1 is 1.67 bits per heavy atom. The molecule has 68 valence electrons. The quantitative estimate of drug-likeness (QED) is 0.396. The minimum absolute atomic E-state index is 0.147. The summed E-state index contributed by atoms with van der Waals surface area (Å²) in [4.78, 5) is 21.0. The van der Waals surface area contributed by atoms with E-state index in [1.165, 1.54) is 6.92 Å². The Morgan fingerprint density at radius 2 is 2.17 bits per heavy atom. The number of carboxylic acids is 1. The van der Waals surface area contributed by atoms with E-state index in [4.69, 9.17) is 5.11 Å². The van der Waals surface area contributed by atoms with Gasteiger partial charge in [-0.1, -0.05) is 6.58 Å². The van der Waals surface area contributed by atoms with Crippen molar-refractivity contribution in [1.82, 2.24) is 0 Å². The maximum atomic E-state index is 10.7.